The minimum absolute atomic E-state index is 0.322. The van der Waals surface area contributed by atoms with Gasteiger partial charge < -0.3 is 9.05 Å². The lowest BCUT2D eigenvalue weighted by Crippen LogP contribution is -2.51. The summed E-state index contributed by atoms with van der Waals surface area (Å²) in [5.74, 6) is -0.434. The predicted octanol–water partition coefficient (Wildman–Crippen LogP) is 4.82. The van der Waals surface area contributed by atoms with E-state index in [2.05, 4.69) is 0 Å². The second-order valence-corrected chi connectivity index (χ2v) is 9.16. The summed E-state index contributed by atoms with van der Waals surface area (Å²) in [6, 6.07) is 0. The standard InChI is InChI=1S/C15H34NO4P/c1-10-13(21(17,18-11-2)19-12-3)16(14(4,5)6)20-15(7,8)9/h13H,10-12H2,1-9H3. The van der Waals surface area contributed by atoms with Gasteiger partial charge >= 0.3 is 7.60 Å². The van der Waals surface area contributed by atoms with Crippen molar-refractivity contribution in [2.75, 3.05) is 13.2 Å². The Bertz CT molecular complexity index is 337. The lowest BCUT2D eigenvalue weighted by Gasteiger charge is -2.44. The van der Waals surface area contributed by atoms with Gasteiger partial charge in [0.2, 0.25) is 0 Å². The van der Waals surface area contributed by atoms with E-state index < -0.39 is 13.4 Å². The van der Waals surface area contributed by atoms with Crippen LogP contribution in [0.2, 0.25) is 0 Å². The maximum absolute atomic E-state index is 13.2. The summed E-state index contributed by atoms with van der Waals surface area (Å²) in [5, 5.41) is 1.79. The highest BCUT2D eigenvalue weighted by Gasteiger charge is 2.45. The van der Waals surface area contributed by atoms with Gasteiger partial charge in [0.05, 0.1) is 18.8 Å². The molecule has 0 aromatic rings. The minimum Gasteiger partial charge on any atom is -0.308 e. The molecule has 0 aromatic heterocycles. The van der Waals surface area contributed by atoms with Crippen molar-refractivity contribution in [1.29, 1.82) is 0 Å². The molecule has 0 amide bonds. The van der Waals surface area contributed by atoms with Crippen LogP contribution < -0.4 is 0 Å². The van der Waals surface area contributed by atoms with Crippen LogP contribution in [0.3, 0.4) is 0 Å². The Labute approximate surface area is 130 Å². The summed E-state index contributed by atoms with van der Waals surface area (Å²) in [6.45, 7) is 18.3. The first kappa shape index (κ1) is 21.1. The molecule has 5 nitrogen and oxygen atoms in total. The molecule has 0 radical (unpaired) electrons. The zero-order valence-electron chi connectivity index (χ0n) is 15.2. The second-order valence-electron chi connectivity index (χ2n) is 6.96. The van der Waals surface area contributed by atoms with E-state index in [9.17, 15) is 4.57 Å². The average molecular weight is 323 g/mol. The van der Waals surface area contributed by atoms with Gasteiger partial charge in [-0.05, 0) is 61.8 Å². The van der Waals surface area contributed by atoms with E-state index in [1.807, 2.05) is 62.3 Å². The molecule has 0 aliphatic carbocycles. The van der Waals surface area contributed by atoms with Crippen molar-refractivity contribution in [1.82, 2.24) is 5.06 Å². The van der Waals surface area contributed by atoms with Crippen LogP contribution in [0.5, 0.6) is 0 Å². The highest BCUT2D eigenvalue weighted by atomic mass is 31.2. The zero-order valence-corrected chi connectivity index (χ0v) is 16.1. The third-order valence-corrected chi connectivity index (χ3v) is 5.19. The monoisotopic (exact) mass is 323 g/mol. The van der Waals surface area contributed by atoms with E-state index >= 15 is 0 Å². The quantitative estimate of drug-likeness (QED) is 0.473. The van der Waals surface area contributed by atoms with Crippen LogP contribution in [0.25, 0.3) is 0 Å². The van der Waals surface area contributed by atoms with Crippen LogP contribution in [0.1, 0.15) is 68.7 Å². The van der Waals surface area contributed by atoms with Gasteiger partial charge in [-0.2, -0.15) is 5.06 Å². The molecular formula is C15H34NO4P. The normalized spacial score (nSPS) is 15.5. The van der Waals surface area contributed by atoms with Crippen molar-refractivity contribution < 1.29 is 18.5 Å². The fourth-order valence-corrected chi connectivity index (χ4v) is 4.26. The number of nitrogens with zero attached hydrogens (tertiary/aromatic N) is 1. The second kappa shape index (κ2) is 8.07. The highest BCUT2D eigenvalue weighted by Crippen LogP contribution is 2.56. The lowest BCUT2D eigenvalue weighted by molar-refractivity contribution is -0.278. The third kappa shape index (κ3) is 6.79. The largest absolute Gasteiger partial charge is 0.350 e. The van der Waals surface area contributed by atoms with Crippen LogP contribution in [-0.2, 0) is 18.5 Å². The van der Waals surface area contributed by atoms with Crippen molar-refractivity contribution in [3.05, 3.63) is 0 Å². The fraction of sp³-hybridized carbons (Fsp3) is 1.00. The topological polar surface area (TPSA) is 48.0 Å². The van der Waals surface area contributed by atoms with Crippen LogP contribution in [-0.4, -0.2) is 35.2 Å². The summed E-state index contributed by atoms with van der Waals surface area (Å²) < 4.78 is 24.2. The number of hydrogen-bond donors (Lipinski definition) is 0. The van der Waals surface area contributed by atoms with Gasteiger partial charge in [-0.15, -0.1) is 0 Å². The Kier molecular flexibility index (Phi) is 8.10. The van der Waals surface area contributed by atoms with Crippen molar-refractivity contribution in [3.8, 4) is 0 Å². The summed E-state index contributed by atoms with van der Waals surface area (Å²) in [6.07, 6.45) is 0.616. The number of hydrogen-bond acceptors (Lipinski definition) is 5. The summed E-state index contributed by atoms with van der Waals surface area (Å²) in [7, 11) is -3.27. The first-order valence-corrected chi connectivity index (χ1v) is 9.39. The van der Waals surface area contributed by atoms with E-state index in [0.29, 0.717) is 19.6 Å². The summed E-state index contributed by atoms with van der Waals surface area (Å²) in [4.78, 5) is 6.10. The van der Waals surface area contributed by atoms with Crippen molar-refractivity contribution in [2.24, 2.45) is 0 Å². The molecule has 0 aliphatic heterocycles. The number of rotatable bonds is 8. The molecule has 1 unspecified atom stereocenters. The van der Waals surface area contributed by atoms with Crippen LogP contribution in [0, 0.1) is 0 Å². The van der Waals surface area contributed by atoms with Crippen molar-refractivity contribution >= 4 is 7.60 Å². The zero-order chi connectivity index (χ0) is 16.9. The van der Waals surface area contributed by atoms with Crippen molar-refractivity contribution in [2.45, 2.75) is 85.7 Å². The molecule has 0 spiro atoms. The first-order valence-electron chi connectivity index (χ1n) is 7.78. The van der Waals surface area contributed by atoms with Gasteiger partial charge in [0.1, 0.15) is 5.78 Å². The van der Waals surface area contributed by atoms with E-state index in [-0.39, 0.29) is 11.1 Å². The molecule has 1 atom stereocenters. The Morgan fingerprint density at radius 2 is 1.38 bits per heavy atom. The van der Waals surface area contributed by atoms with E-state index in [0.717, 1.165) is 0 Å². The molecule has 0 heterocycles. The smallest absolute Gasteiger partial charge is 0.308 e. The van der Waals surface area contributed by atoms with E-state index in [4.69, 9.17) is 13.9 Å². The third-order valence-electron chi connectivity index (χ3n) is 2.65. The molecule has 21 heavy (non-hydrogen) atoms. The first-order chi connectivity index (χ1) is 9.41. The fourth-order valence-electron chi connectivity index (χ4n) is 2.03. The SMILES string of the molecule is CCOP(=O)(OCC)C(CC)N(OC(C)(C)C)C(C)(C)C. The van der Waals surface area contributed by atoms with Gasteiger partial charge in [0.15, 0.2) is 0 Å². The van der Waals surface area contributed by atoms with Gasteiger partial charge in [-0.3, -0.25) is 9.40 Å². The van der Waals surface area contributed by atoms with Crippen LogP contribution in [0.4, 0.5) is 0 Å². The molecule has 0 aliphatic rings. The average Bonchev–Trinajstić information content (AvgIpc) is 2.26. The molecule has 0 rings (SSSR count). The number of hydroxylamine groups is 2. The maximum atomic E-state index is 13.2. The van der Waals surface area contributed by atoms with Gasteiger partial charge in [0, 0.05) is 5.54 Å². The lowest BCUT2D eigenvalue weighted by atomic mass is 10.1. The van der Waals surface area contributed by atoms with Crippen LogP contribution in [0.15, 0.2) is 0 Å². The molecule has 0 saturated heterocycles. The minimum atomic E-state index is -3.27. The van der Waals surface area contributed by atoms with Gasteiger partial charge in [-0.25, -0.2) is 0 Å². The molecule has 0 aromatic carbocycles. The Morgan fingerprint density at radius 1 is 0.952 bits per heavy atom. The Balaban J connectivity index is 5.62. The maximum Gasteiger partial charge on any atom is 0.350 e. The van der Waals surface area contributed by atoms with Crippen molar-refractivity contribution in [3.63, 3.8) is 0 Å². The van der Waals surface area contributed by atoms with E-state index in [1.165, 1.54) is 0 Å². The summed E-state index contributed by atoms with van der Waals surface area (Å²) in [5.41, 5.74) is -0.707. The van der Waals surface area contributed by atoms with E-state index in [1.54, 1.807) is 5.06 Å². The Hall–Kier alpha value is 0.0700. The van der Waals surface area contributed by atoms with Gasteiger partial charge in [0.25, 0.3) is 0 Å². The Morgan fingerprint density at radius 3 is 1.62 bits per heavy atom. The summed E-state index contributed by atoms with van der Waals surface area (Å²) >= 11 is 0. The molecule has 0 saturated carbocycles. The molecular weight excluding hydrogens is 289 g/mol. The molecule has 0 fully saturated rings. The molecule has 0 bridgehead atoms. The predicted molar refractivity (Wildman–Crippen MR) is 87.4 cm³/mol. The highest BCUT2D eigenvalue weighted by molar-refractivity contribution is 7.54. The molecule has 6 heteroatoms. The molecule has 128 valence electrons. The molecule has 0 N–H and O–H groups in total. The van der Waals surface area contributed by atoms with Crippen LogP contribution >= 0.6 is 7.60 Å². The van der Waals surface area contributed by atoms with Gasteiger partial charge in [-0.1, -0.05) is 6.92 Å².